The minimum atomic E-state index is 0.272. The maximum atomic E-state index is 5.80. The van der Waals surface area contributed by atoms with Crippen molar-refractivity contribution in [2.24, 2.45) is 11.8 Å². The first-order valence-electron chi connectivity index (χ1n) is 4.97. The molecule has 0 aromatic rings. The summed E-state index contributed by atoms with van der Waals surface area (Å²) in [4.78, 5) is 0. The summed E-state index contributed by atoms with van der Waals surface area (Å²) in [5.74, 6) is 1.02. The summed E-state index contributed by atoms with van der Waals surface area (Å²) < 4.78 is 5.80. The largest absolute Gasteiger partial charge is 0.375 e. The molecule has 4 atom stereocenters. The molecular weight excluding hydrogens is 148 g/mol. The Morgan fingerprint density at radius 3 is 1.92 bits per heavy atom. The van der Waals surface area contributed by atoms with E-state index in [0.29, 0.717) is 17.9 Å². The minimum Gasteiger partial charge on any atom is -0.375 e. The van der Waals surface area contributed by atoms with Crippen LogP contribution in [-0.2, 0) is 4.74 Å². The normalized spacial score (nSPS) is 19.2. The van der Waals surface area contributed by atoms with Gasteiger partial charge in [0.05, 0.1) is 12.2 Å². The second-order valence-electron chi connectivity index (χ2n) is 3.91. The van der Waals surface area contributed by atoms with Gasteiger partial charge in [-0.1, -0.05) is 27.2 Å². The van der Waals surface area contributed by atoms with Gasteiger partial charge in [0.15, 0.2) is 0 Å². The van der Waals surface area contributed by atoms with Crippen molar-refractivity contribution in [1.82, 2.24) is 0 Å². The summed E-state index contributed by atoms with van der Waals surface area (Å²) in [6.45, 7) is 14.7. The zero-order chi connectivity index (χ0) is 9.72. The highest BCUT2D eigenvalue weighted by Gasteiger charge is 2.15. The van der Waals surface area contributed by atoms with Crippen molar-refractivity contribution < 1.29 is 4.74 Å². The highest BCUT2D eigenvalue weighted by Crippen LogP contribution is 2.15. The van der Waals surface area contributed by atoms with E-state index in [2.05, 4.69) is 41.5 Å². The van der Waals surface area contributed by atoms with Crippen LogP contribution < -0.4 is 0 Å². The van der Waals surface area contributed by atoms with Gasteiger partial charge in [-0.15, -0.1) is 0 Å². The molecule has 0 aliphatic carbocycles. The molecule has 1 heteroatoms. The topological polar surface area (TPSA) is 9.23 Å². The van der Waals surface area contributed by atoms with Crippen LogP contribution >= 0.6 is 0 Å². The lowest BCUT2D eigenvalue weighted by Crippen LogP contribution is -2.26. The smallest absolute Gasteiger partial charge is 0.0576 e. The molecule has 0 fully saturated rings. The Bertz CT molecular complexity index is 110. The van der Waals surface area contributed by atoms with Crippen molar-refractivity contribution in [3.8, 4) is 0 Å². The van der Waals surface area contributed by atoms with Crippen molar-refractivity contribution in [2.75, 3.05) is 0 Å². The molecule has 0 spiro atoms. The van der Waals surface area contributed by atoms with Crippen LogP contribution in [0.4, 0.5) is 0 Å². The van der Waals surface area contributed by atoms with E-state index in [-0.39, 0.29) is 6.10 Å². The van der Waals surface area contributed by atoms with Gasteiger partial charge < -0.3 is 4.74 Å². The summed E-state index contributed by atoms with van der Waals surface area (Å²) >= 11 is 0. The van der Waals surface area contributed by atoms with Crippen LogP contribution in [0.5, 0.6) is 0 Å². The molecule has 0 aromatic heterocycles. The number of hydrogen-bond acceptors (Lipinski definition) is 1. The maximum absolute atomic E-state index is 5.80. The average Bonchev–Trinajstić information content (AvgIpc) is 2.02. The molecule has 0 saturated carbocycles. The van der Waals surface area contributed by atoms with Crippen LogP contribution in [0.3, 0.4) is 0 Å². The summed E-state index contributed by atoms with van der Waals surface area (Å²) in [7, 11) is 0. The second-order valence-corrected chi connectivity index (χ2v) is 3.91. The fourth-order valence-corrected chi connectivity index (χ4v) is 0.939. The van der Waals surface area contributed by atoms with E-state index in [9.17, 15) is 0 Å². The summed E-state index contributed by atoms with van der Waals surface area (Å²) in [5, 5.41) is 0. The standard InChI is InChI=1S/C11H23O/c1-7-9(4)11(6)12-10(5)8(2)3/h8-11H,2,7H2,1,3-6H3. The van der Waals surface area contributed by atoms with Gasteiger partial charge in [0.1, 0.15) is 0 Å². The quantitative estimate of drug-likeness (QED) is 0.616. The van der Waals surface area contributed by atoms with Crippen LogP contribution in [0.15, 0.2) is 0 Å². The van der Waals surface area contributed by atoms with E-state index in [0.717, 1.165) is 0 Å². The molecule has 12 heavy (non-hydrogen) atoms. The lowest BCUT2D eigenvalue weighted by molar-refractivity contribution is -0.0364. The number of hydrogen-bond donors (Lipinski definition) is 0. The van der Waals surface area contributed by atoms with Crippen LogP contribution in [0.25, 0.3) is 0 Å². The highest BCUT2D eigenvalue weighted by molar-refractivity contribution is 4.67. The fraction of sp³-hybridized carbons (Fsp3) is 0.909. The Morgan fingerprint density at radius 2 is 1.58 bits per heavy atom. The highest BCUT2D eigenvalue weighted by atomic mass is 16.5. The Labute approximate surface area is 77.5 Å². The molecule has 73 valence electrons. The van der Waals surface area contributed by atoms with Gasteiger partial charge in [0.2, 0.25) is 0 Å². The van der Waals surface area contributed by atoms with Gasteiger partial charge in [-0.25, -0.2) is 0 Å². The molecule has 0 heterocycles. The molecule has 0 saturated heterocycles. The molecule has 0 bridgehead atoms. The third-order valence-corrected chi connectivity index (χ3v) is 2.68. The molecule has 1 nitrogen and oxygen atoms in total. The summed E-state index contributed by atoms with van der Waals surface area (Å²) in [6, 6.07) is 0. The van der Waals surface area contributed by atoms with Crippen molar-refractivity contribution in [3.05, 3.63) is 6.92 Å². The zero-order valence-corrected chi connectivity index (χ0v) is 9.13. The number of ether oxygens (including phenoxy) is 1. The lowest BCUT2D eigenvalue weighted by atomic mass is 10.0. The van der Waals surface area contributed by atoms with E-state index in [1.165, 1.54) is 6.42 Å². The minimum absolute atomic E-state index is 0.272. The Hall–Kier alpha value is -0.0400. The van der Waals surface area contributed by atoms with E-state index in [1.807, 2.05) is 0 Å². The first kappa shape index (κ1) is 12.0. The summed E-state index contributed by atoms with van der Waals surface area (Å²) in [5.41, 5.74) is 0. The number of rotatable bonds is 5. The fourth-order valence-electron chi connectivity index (χ4n) is 0.939. The van der Waals surface area contributed by atoms with Gasteiger partial charge in [0, 0.05) is 0 Å². The molecule has 4 unspecified atom stereocenters. The Balaban J connectivity index is 3.75. The first-order valence-corrected chi connectivity index (χ1v) is 4.97. The lowest BCUT2D eigenvalue weighted by Gasteiger charge is -2.25. The van der Waals surface area contributed by atoms with Crippen molar-refractivity contribution in [1.29, 1.82) is 0 Å². The van der Waals surface area contributed by atoms with Gasteiger partial charge in [-0.3, -0.25) is 0 Å². The van der Waals surface area contributed by atoms with Gasteiger partial charge in [-0.05, 0) is 32.6 Å². The van der Waals surface area contributed by atoms with Crippen LogP contribution in [0.1, 0.15) is 41.0 Å². The third-order valence-electron chi connectivity index (χ3n) is 2.68. The van der Waals surface area contributed by atoms with E-state index in [4.69, 9.17) is 4.74 Å². The maximum Gasteiger partial charge on any atom is 0.0576 e. The van der Waals surface area contributed by atoms with Crippen LogP contribution in [-0.4, -0.2) is 12.2 Å². The third kappa shape index (κ3) is 4.10. The van der Waals surface area contributed by atoms with Gasteiger partial charge >= 0.3 is 0 Å². The summed E-state index contributed by atoms with van der Waals surface area (Å²) in [6.07, 6.45) is 1.81. The van der Waals surface area contributed by atoms with Gasteiger partial charge in [-0.2, -0.15) is 0 Å². The van der Waals surface area contributed by atoms with Crippen molar-refractivity contribution in [3.63, 3.8) is 0 Å². The van der Waals surface area contributed by atoms with Gasteiger partial charge in [0.25, 0.3) is 0 Å². The van der Waals surface area contributed by atoms with E-state index in [1.54, 1.807) is 0 Å². The average molecular weight is 171 g/mol. The molecule has 0 rings (SSSR count). The predicted molar refractivity (Wildman–Crippen MR) is 54.0 cm³/mol. The zero-order valence-electron chi connectivity index (χ0n) is 9.13. The van der Waals surface area contributed by atoms with Crippen molar-refractivity contribution in [2.45, 2.75) is 53.2 Å². The Kier molecular flexibility index (Phi) is 5.56. The molecule has 0 N–H and O–H groups in total. The molecule has 0 aliphatic rings. The monoisotopic (exact) mass is 171 g/mol. The van der Waals surface area contributed by atoms with Crippen LogP contribution in [0.2, 0.25) is 0 Å². The SMILES string of the molecule is [CH2]C(C)C(C)OC(C)C(C)CC. The second kappa shape index (κ2) is 5.58. The molecule has 0 amide bonds. The predicted octanol–water partition coefficient (Wildman–Crippen LogP) is 3.30. The van der Waals surface area contributed by atoms with E-state index >= 15 is 0 Å². The molecule has 1 radical (unpaired) electrons. The first-order chi connectivity index (χ1) is 5.49. The van der Waals surface area contributed by atoms with Crippen LogP contribution in [0, 0.1) is 18.8 Å². The Morgan fingerprint density at radius 1 is 1.08 bits per heavy atom. The van der Waals surface area contributed by atoms with E-state index < -0.39 is 0 Å². The van der Waals surface area contributed by atoms with Crippen molar-refractivity contribution >= 4 is 0 Å². The molecule has 0 aromatic carbocycles. The molecular formula is C11H23O. The molecule has 0 aliphatic heterocycles.